The Morgan fingerprint density at radius 3 is 2.05 bits per heavy atom. The van der Waals surface area contributed by atoms with E-state index in [1.54, 1.807) is 0 Å². The molecule has 0 aromatic heterocycles. The number of aromatic hydroxyl groups is 2. The van der Waals surface area contributed by atoms with Crippen molar-refractivity contribution in [3.05, 3.63) is 58.7 Å². The van der Waals surface area contributed by atoms with Crippen LogP contribution in [0.1, 0.15) is 26.3 Å². The second-order valence-corrected chi connectivity index (χ2v) is 4.10. The molecule has 3 N–H and O–H groups in total. The van der Waals surface area contributed by atoms with Crippen molar-refractivity contribution in [2.45, 2.75) is 0 Å². The molecule has 0 atom stereocenters. The van der Waals surface area contributed by atoms with Crippen molar-refractivity contribution in [3.8, 4) is 11.5 Å². The summed E-state index contributed by atoms with van der Waals surface area (Å²) in [4.78, 5) is 23.2. The Kier molecular flexibility index (Phi) is 3.58. The summed E-state index contributed by atoms with van der Waals surface area (Å²) in [5.74, 6) is -8.29. The average Bonchev–Trinajstić information content (AvgIpc) is 2.48. The molecule has 0 fully saturated rings. The molecule has 0 saturated heterocycles. The quantitative estimate of drug-likeness (QED) is 0.755. The van der Waals surface area contributed by atoms with E-state index in [4.69, 9.17) is 10.2 Å². The van der Waals surface area contributed by atoms with Gasteiger partial charge in [0.05, 0.1) is 11.1 Å². The largest absolute Gasteiger partial charge is 0.504 e. The Morgan fingerprint density at radius 1 is 0.905 bits per heavy atom. The Bertz CT molecular complexity index is 755. The molecular weight excluding hydrogens is 286 g/mol. The van der Waals surface area contributed by atoms with E-state index in [0.29, 0.717) is 6.07 Å². The van der Waals surface area contributed by atoms with Gasteiger partial charge in [-0.1, -0.05) is 18.2 Å². The average molecular weight is 294 g/mol. The molecule has 21 heavy (non-hydrogen) atoms. The van der Waals surface area contributed by atoms with Gasteiger partial charge < -0.3 is 15.3 Å². The first-order valence-electron chi connectivity index (χ1n) is 5.61. The molecule has 0 aliphatic carbocycles. The SMILES string of the molecule is O=C(O)c1ccccc1C(=O)c1cc(F)c(O)c(F)c1O. The molecule has 2 aromatic rings. The minimum atomic E-state index is -1.69. The van der Waals surface area contributed by atoms with Crippen molar-refractivity contribution in [2.24, 2.45) is 0 Å². The smallest absolute Gasteiger partial charge is 0.336 e. The lowest BCUT2D eigenvalue weighted by Gasteiger charge is -2.09. The number of phenolic OH excluding ortho intramolecular Hbond substituents is 2. The summed E-state index contributed by atoms with van der Waals surface area (Å²) in [5.41, 5.74) is -1.50. The van der Waals surface area contributed by atoms with Gasteiger partial charge in [-0.15, -0.1) is 0 Å². The number of halogens is 2. The van der Waals surface area contributed by atoms with Gasteiger partial charge in [-0.25, -0.2) is 9.18 Å². The monoisotopic (exact) mass is 294 g/mol. The van der Waals surface area contributed by atoms with Crippen LogP contribution in [0.25, 0.3) is 0 Å². The first kappa shape index (κ1) is 14.4. The maximum atomic E-state index is 13.4. The number of hydrogen-bond acceptors (Lipinski definition) is 4. The molecule has 0 radical (unpaired) electrons. The zero-order valence-corrected chi connectivity index (χ0v) is 10.3. The number of carboxylic acid groups (broad SMARTS) is 1. The molecule has 0 heterocycles. The lowest BCUT2D eigenvalue weighted by atomic mass is 9.97. The van der Waals surface area contributed by atoms with Crippen LogP contribution in [-0.4, -0.2) is 27.1 Å². The molecule has 0 amide bonds. The number of hydrogen-bond donors (Lipinski definition) is 3. The Morgan fingerprint density at radius 2 is 1.48 bits per heavy atom. The van der Waals surface area contributed by atoms with E-state index >= 15 is 0 Å². The maximum absolute atomic E-state index is 13.4. The molecule has 2 aromatic carbocycles. The molecule has 0 bridgehead atoms. The first-order valence-corrected chi connectivity index (χ1v) is 5.61. The lowest BCUT2D eigenvalue weighted by Crippen LogP contribution is -2.10. The molecule has 108 valence electrons. The second kappa shape index (κ2) is 5.20. The van der Waals surface area contributed by atoms with Gasteiger partial charge in [0.25, 0.3) is 0 Å². The van der Waals surface area contributed by atoms with Gasteiger partial charge >= 0.3 is 5.97 Å². The van der Waals surface area contributed by atoms with Crippen LogP contribution in [0, 0.1) is 11.6 Å². The summed E-state index contributed by atoms with van der Waals surface area (Å²) in [6, 6.07) is 5.46. The molecular formula is C14H8F2O5. The summed E-state index contributed by atoms with van der Waals surface area (Å²) in [6.07, 6.45) is 0. The number of carbonyl (C=O) groups is 2. The molecule has 0 spiro atoms. The predicted octanol–water partition coefficient (Wildman–Crippen LogP) is 2.31. The van der Waals surface area contributed by atoms with Crippen molar-refractivity contribution in [2.75, 3.05) is 0 Å². The van der Waals surface area contributed by atoms with Crippen molar-refractivity contribution in [1.29, 1.82) is 0 Å². The van der Waals surface area contributed by atoms with Crippen LogP contribution in [-0.2, 0) is 0 Å². The predicted molar refractivity (Wildman–Crippen MR) is 66.5 cm³/mol. The second-order valence-electron chi connectivity index (χ2n) is 4.10. The van der Waals surface area contributed by atoms with Crippen LogP contribution in [0.15, 0.2) is 30.3 Å². The highest BCUT2D eigenvalue weighted by Crippen LogP contribution is 2.33. The third-order valence-electron chi connectivity index (χ3n) is 2.81. The van der Waals surface area contributed by atoms with Crippen LogP contribution in [0.5, 0.6) is 11.5 Å². The molecule has 0 saturated carbocycles. The zero-order chi connectivity index (χ0) is 15.7. The van der Waals surface area contributed by atoms with E-state index in [-0.39, 0.29) is 11.1 Å². The molecule has 0 aliphatic heterocycles. The summed E-state index contributed by atoms with van der Waals surface area (Å²) in [7, 11) is 0. The molecule has 0 aliphatic rings. The molecule has 7 heteroatoms. The highest BCUT2D eigenvalue weighted by Gasteiger charge is 2.25. The van der Waals surface area contributed by atoms with Crippen LogP contribution in [0.2, 0.25) is 0 Å². The molecule has 2 rings (SSSR count). The van der Waals surface area contributed by atoms with E-state index < -0.39 is 40.4 Å². The van der Waals surface area contributed by atoms with E-state index in [9.17, 15) is 23.5 Å². The van der Waals surface area contributed by atoms with Gasteiger partial charge in [0.2, 0.25) is 5.82 Å². The Balaban J connectivity index is 2.64. The number of ketones is 1. The van der Waals surface area contributed by atoms with Gasteiger partial charge in [0.15, 0.2) is 23.1 Å². The number of aromatic carboxylic acids is 1. The van der Waals surface area contributed by atoms with Gasteiger partial charge in [0.1, 0.15) is 0 Å². The number of benzene rings is 2. The highest BCUT2D eigenvalue weighted by molar-refractivity contribution is 6.15. The fraction of sp³-hybridized carbons (Fsp3) is 0. The summed E-state index contributed by atoms with van der Waals surface area (Å²) >= 11 is 0. The minimum absolute atomic E-state index is 0.343. The van der Waals surface area contributed by atoms with E-state index in [1.165, 1.54) is 12.1 Å². The van der Waals surface area contributed by atoms with E-state index in [2.05, 4.69) is 0 Å². The normalized spacial score (nSPS) is 10.4. The van der Waals surface area contributed by atoms with Crippen LogP contribution in [0.4, 0.5) is 8.78 Å². The topological polar surface area (TPSA) is 94.8 Å². The van der Waals surface area contributed by atoms with Gasteiger partial charge in [-0.3, -0.25) is 4.79 Å². The summed E-state index contributed by atoms with van der Waals surface area (Å²) < 4.78 is 26.7. The Hall–Kier alpha value is -2.96. The third-order valence-corrected chi connectivity index (χ3v) is 2.81. The standard InChI is InChI=1S/C14H8F2O5/c15-9-5-8(12(18)10(16)13(9)19)11(17)6-3-1-2-4-7(6)14(20)21/h1-5,18-19H,(H,20,21). The van der Waals surface area contributed by atoms with Crippen LogP contribution >= 0.6 is 0 Å². The maximum Gasteiger partial charge on any atom is 0.336 e. The van der Waals surface area contributed by atoms with E-state index in [0.717, 1.165) is 12.1 Å². The molecule has 5 nitrogen and oxygen atoms in total. The number of carbonyl (C=O) groups excluding carboxylic acids is 1. The highest BCUT2D eigenvalue weighted by atomic mass is 19.1. The number of phenols is 2. The van der Waals surface area contributed by atoms with Gasteiger partial charge in [-0.2, -0.15) is 4.39 Å². The van der Waals surface area contributed by atoms with Crippen LogP contribution in [0.3, 0.4) is 0 Å². The molecule has 0 unspecified atom stereocenters. The third kappa shape index (κ3) is 2.40. The van der Waals surface area contributed by atoms with Gasteiger partial charge in [0, 0.05) is 5.56 Å². The van der Waals surface area contributed by atoms with Crippen molar-refractivity contribution in [3.63, 3.8) is 0 Å². The zero-order valence-electron chi connectivity index (χ0n) is 10.3. The lowest BCUT2D eigenvalue weighted by molar-refractivity contribution is 0.0692. The Labute approximate surface area is 116 Å². The fourth-order valence-corrected chi connectivity index (χ4v) is 1.78. The van der Waals surface area contributed by atoms with Crippen molar-refractivity contribution < 1.29 is 33.7 Å². The number of rotatable bonds is 3. The van der Waals surface area contributed by atoms with Crippen LogP contribution < -0.4 is 0 Å². The summed E-state index contributed by atoms with van der Waals surface area (Å²) in [6.45, 7) is 0. The van der Waals surface area contributed by atoms with Gasteiger partial charge in [-0.05, 0) is 12.1 Å². The number of carboxylic acids is 1. The fourth-order valence-electron chi connectivity index (χ4n) is 1.78. The van der Waals surface area contributed by atoms with Crippen molar-refractivity contribution >= 4 is 11.8 Å². The summed E-state index contributed by atoms with van der Waals surface area (Å²) in [5, 5.41) is 27.5. The minimum Gasteiger partial charge on any atom is -0.504 e. The van der Waals surface area contributed by atoms with E-state index in [1.807, 2.05) is 0 Å². The first-order chi connectivity index (χ1) is 9.84. The van der Waals surface area contributed by atoms with Crippen molar-refractivity contribution in [1.82, 2.24) is 0 Å².